The van der Waals surface area contributed by atoms with Gasteiger partial charge in [0.1, 0.15) is 0 Å². The number of nitrogens with one attached hydrogen (secondary N) is 1. The summed E-state index contributed by atoms with van der Waals surface area (Å²) in [6.07, 6.45) is 0.855. The third-order valence-corrected chi connectivity index (χ3v) is 2.97. The van der Waals surface area contributed by atoms with E-state index in [-0.39, 0.29) is 18.9 Å². The van der Waals surface area contributed by atoms with E-state index in [2.05, 4.69) is 5.32 Å². The van der Waals surface area contributed by atoms with E-state index in [0.29, 0.717) is 6.42 Å². The van der Waals surface area contributed by atoms with Gasteiger partial charge >= 0.3 is 5.97 Å². The van der Waals surface area contributed by atoms with Crippen molar-refractivity contribution in [2.75, 3.05) is 6.54 Å². The summed E-state index contributed by atoms with van der Waals surface area (Å²) in [4.78, 5) is 22.2. The summed E-state index contributed by atoms with van der Waals surface area (Å²) in [6, 6.07) is 7.77. The lowest BCUT2D eigenvalue weighted by atomic mass is 10.0. The van der Waals surface area contributed by atoms with Gasteiger partial charge in [0.15, 0.2) is 5.60 Å². The van der Waals surface area contributed by atoms with Crippen LogP contribution in [0.25, 0.3) is 0 Å². The predicted molar refractivity (Wildman–Crippen MR) is 70.8 cm³/mol. The topological polar surface area (TPSA) is 86.6 Å². The van der Waals surface area contributed by atoms with Crippen LogP contribution < -0.4 is 5.32 Å². The predicted octanol–water partition coefficient (Wildman–Crippen LogP) is 0.879. The molecular weight excluding hydrogens is 246 g/mol. The minimum Gasteiger partial charge on any atom is -0.479 e. The molecule has 1 aromatic carbocycles. The molecule has 1 atom stereocenters. The zero-order valence-corrected chi connectivity index (χ0v) is 11.1. The lowest BCUT2D eigenvalue weighted by Crippen LogP contribution is -2.46. The van der Waals surface area contributed by atoms with Crippen LogP contribution in [0.3, 0.4) is 0 Å². The van der Waals surface area contributed by atoms with Crippen LogP contribution in [0.2, 0.25) is 0 Å². The highest BCUT2D eigenvalue weighted by Gasteiger charge is 2.30. The Bertz CT molecular complexity index is 468. The van der Waals surface area contributed by atoms with E-state index >= 15 is 0 Å². The van der Waals surface area contributed by atoms with Crippen molar-refractivity contribution in [1.82, 2.24) is 5.32 Å². The SMILES string of the molecule is Cc1ccccc1CCC(=O)NCC(C)(O)C(=O)O. The van der Waals surface area contributed by atoms with Crippen LogP contribution in [0.1, 0.15) is 24.5 Å². The zero-order chi connectivity index (χ0) is 14.5. The summed E-state index contributed by atoms with van der Waals surface area (Å²) in [5.41, 5.74) is 0.272. The Morgan fingerprint density at radius 2 is 1.95 bits per heavy atom. The number of aliphatic hydroxyl groups is 1. The number of benzene rings is 1. The summed E-state index contributed by atoms with van der Waals surface area (Å²) < 4.78 is 0. The van der Waals surface area contributed by atoms with E-state index < -0.39 is 11.6 Å². The van der Waals surface area contributed by atoms with Gasteiger partial charge in [0.05, 0.1) is 6.54 Å². The standard InChI is InChI=1S/C14H19NO4/c1-10-5-3-4-6-11(10)7-8-12(16)15-9-14(2,19)13(17)18/h3-6,19H,7-9H2,1-2H3,(H,15,16)(H,17,18). The number of aryl methyl sites for hydroxylation is 2. The fourth-order valence-electron chi connectivity index (χ4n) is 1.57. The van der Waals surface area contributed by atoms with Crippen LogP contribution in [0.5, 0.6) is 0 Å². The third kappa shape index (κ3) is 4.71. The minimum atomic E-state index is -1.93. The normalized spacial score (nSPS) is 13.6. The van der Waals surface area contributed by atoms with E-state index in [1.54, 1.807) is 0 Å². The van der Waals surface area contributed by atoms with Gasteiger partial charge in [-0.25, -0.2) is 4.79 Å². The lowest BCUT2D eigenvalue weighted by molar-refractivity contribution is -0.156. The average molecular weight is 265 g/mol. The molecule has 0 saturated carbocycles. The van der Waals surface area contributed by atoms with Gasteiger partial charge in [-0.3, -0.25) is 4.79 Å². The Labute approximate surface area is 112 Å². The first-order chi connectivity index (χ1) is 8.83. The molecule has 5 heteroatoms. The highest BCUT2D eigenvalue weighted by molar-refractivity contribution is 5.80. The Kier molecular flexibility index (Phi) is 5.06. The highest BCUT2D eigenvalue weighted by atomic mass is 16.4. The van der Waals surface area contributed by atoms with Crippen LogP contribution in [-0.2, 0) is 16.0 Å². The first-order valence-electron chi connectivity index (χ1n) is 6.10. The second-order valence-corrected chi connectivity index (χ2v) is 4.78. The Balaban J connectivity index is 2.41. The Morgan fingerprint density at radius 3 is 2.53 bits per heavy atom. The summed E-state index contributed by atoms with van der Waals surface area (Å²) in [5.74, 6) is -1.63. The van der Waals surface area contributed by atoms with Crippen molar-refractivity contribution >= 4 is 11.9 Å². The summed E-state index contributed by atoms with van der Waals surface area (Å²) in [6.45, 7) is 2.83. The number of carboxylic acids is 1. The second-order valence-electron chi connectivity index (χ2n) is 4.78. The molecule has 19 heavy (non-hydrogen) atoms. The molecule has 0 heterocycles. The first kappa shape index (κ1) is 15.2. The molecule has 0 fully saturated rings. The van der Waals surface area contributed by atoms with Crippen LogP contribution in [0, 0.1) is 6.92 Å². The number of rotatable bonds is 6. The average Bonchev–Trinajstić information content (AvgIpc) is 2.35. The molecule has 0 spiro atoms. The van der Waals surface area contributed by atoms with Crippen molar-refractivity contribution in [3.63, 3.8) is 0 Å². The van der Waals surface area contributed by atoms with Gasteiger partial charge in [0.2, 0.25) is 5.91 Å². The van der Waals surface area contributed by atoms with Crippen molar-refractivity contribution in [2.24, 2.45) is 0 Å². The van der Waals surface area contributed by atoms with Crippen LogP contribution in [0.15, 0.2) is 24.3 Å². The minimum absolute atomic E-state index is 0.264. The van der Waals surface area contributed by atoms with Crippen molar-refractivity contribution in [3.8, 4) is 0 Å². The molecule has 0 saturated heterocycles. The number of amides is 1. The van der Waals surface area contributed by atoms with Gasteiger partial charge in [0.25, 0.3) is 0 Å². The van der Waals surface area contributed by atoms with E-state index in [0.717, 1.165) is 18.1 Å². The summed E-state index contributed by atoms with van der Waals surface area (Å²) in [5, 5.41) is 20.6. The molecule has 1 amide bonds. The van der Waals surface area contributed by atoms with Crippen molar-refractivity contribution in [1.29, 1.82) is 0 Å². The van der Waals surface area contributed by atoms with Gasteiger partial charge in [-0.1, -0.05) is 24.3 Å². The number of aliphatic carboxylic acids is 1. The van der Waals surface area contributed by atoms with Crippen LogP contribution >= 0.6 is 0 Å². The number of hydrogen-bond acceptors (Lipinski definition) is 3. The summed E-state index contributed by atoms with van der Waals surface area (Å²) in [7, 11) is 0. The maximum absolute atomic E-state index is 11.6. The molecule has 0 aromatic heterocycles. The molecule has 0 bridgehead atoms. The molecule has 1 unspecified atom stereocenters. The molecular formula is C14H19NO4. The molecule has 0 aliphatic heterocycles. The van der Waals surface area contributed by atoms with Gasteiger partial charge in [-0.05, 0) is 31.4 Å². The van der Waals surface area contributed by atoms with Gasteiger partial charge in [0, 0.05) is 6.42 Å². The molecule has 0 aliphatic rings. The maximum atomic E-state index is 11.6. The quantitative estimate of drug-likeness (QED) is 0.712. The fraction of sp³-hybridized carbons (Fsp3) is 0.429. The van der Waals surface area contributed by atoms with Crippen molar-refractivity contribution in [3.05, 3.63) is 35.4 Å². The van der Waals surface area contributed by atoms with E-state index in [1.165, 1.54) is 0 Å². The number of carbonyl (C=O) groups excluding carboxylic acids is 1. The molecule has 3 N–H and O–H groups in total. The highest BCUT2D eigenvalue weighted by Crippen LogP contribution is 2.09. The lowest BCUT2D eigenvalue weighted by Gasteiger charge is -2.18. The molecule has 0 radical (unpaired) electrons. The third-order valence-electron chi connectivity index (χ3n) is 2.97. The van der Waals surface area contributed by atoms with Crippen molar-refractivity contribution < 1.29 is 19.8 Å². The maximum Gasteiger partial charge on any atom is 0.337 e. The Morgan fingerprint density at radius 1 is 1.32 bits per heavy atom. The smallest absolute Gasteiger partial charge is 0.337 e. The van der Waals surface area contributed by atoms with Crippen LogP contribution in [-0.4, -0.2) is 34.2 Å². The van der Waals surface area contributed by atoms with Crippen molar-refractivity contribution in [2.45, 2.75) is 32.3 Å². The number of carboxylic acid groups (broad SMARTS) is 1. The number of hydrogen-bond donors (Lipinski definition) is 3. The molecule has 1 rings (SSSR count). The van der Waals surface area contributed by atoms with Gasteiger partial charge in [-0.2, -0.15) is 0 Å². The fourth-order valence-corrected chi connectivity index (χ4v) is 1.57. The zero-order valence-electron chi connectivity index (χ0n) is 11.1. The monoisotopic (exact) mass is 265 g/mol. The summed E-state index contributed by atoms with van der Waals surface area (Å²) >= 11 is 0. The first-order valence-corrected chi connectivity index (χ1v) is 6.10. The largest absolute Gasteiger partial charge is 0.479 e. The molecule has 0 aliphatic carbocycles. The van der Waals surface area contributed by atoms with E-state index in [9.17, 15) is 14.7 Å². The van der Waals surface area contributed by atoms with Gasteiger partial charge in [-0.15, -0.1) is 0 Å². The van der Waals surface area contributed by atoms with E-state index in [4.69, 9.17) is 5.11 Å². The van der Waals surface area contributed by atoms with Crippen LogP contribution in [0.4, 0.5) is 0 Å². The van der Waals surface area contributed by atoms with E-state index in [1.807, 2.05) is 31.2 Å². The molecule has 104 valence electrons. The second kappa shape index (κ2) is 6.33. The molecule has 5 nitrogen and oxygen atoms in total. The molecule has 1 aromatic rings. The Hall–Kier alpha value is -1.88. The van der Waals surface area contributed by atoms with Gasteiger partial charge < -0.3 is 15.5 Å². The number of carbonyl (C=O) groups is 2.